The number of carbonyl (C=O) groups is 1. The molecule has 2 aromatic rings. The van der Waals surface area contributed by atoms with E-state index in [9.17, 15) is 4.79 Å². The first-order chi connectivity index (χ1) is 14.0. The molecule has 0 aliphatic carbocycles. The third kappa shape index (κ3) is 8.31. The van der Waals surface area contributed by atoms with Crippen molar-refractivity contribution in [1.82, 2.24) is 20.2 Å². The number of benzene rings is 1. The molecule has 1 aromatic carbocycles. The number of amides is 1. The second-order valence-electron chi connectivity index (χ2n) is 7.06. The number of carbonyl (C=O) groups excluding carboxylic acids is 1. The number of nitrogens with one attached hydrogen (secondary N) is 3. The average molecular weight is 397 g/mol. The van der Waals surface area contributed by atoms with E-state index in [0.717, 1.165) is 30.8 Å². The lowest BCUT2D eigenvalue weighted by Gasteiger charge is -2.19. The van der Waals surface area contributed by atoms with Crippen molar-refractivity contribution in [2.75, 3.05) is 43.9 Å². The fourth-order valence-corrected chi connectivity index (χ4v) is 2.80. The molecule has 1 amide bonds. The molecule has 0 unspecified atom stereocenters. The number of anilines is 2. The maximum Gasteiger partial charge on any atom is 0.216 e. The van der Waals surface area contributed by atoms with Gasteiger partial charge in [-0.1, -0.05) is 50.3 Å². The lowest BCUT2D eigenvalue weighted by atomic mass is 10.2. The summed E-state index contributed by atoms with van der Waals surface area (Å²) in [7, 11) is 2.09. The Labute approximate surface area is 173 Å². The normalized spacial score (nSPS) is 10.6. The molecule has 0 aliphatic rings. The molecule has 29 heavy (non-hydrogen) atoms. The van der Waals surface area contributed by atoms with Gasteiger partial charge in [0.05, 0.1) is 0 Å². The van der Waals surface area contributed by atoms with E-state index < -0.39 is 0 Å². The third-order valence-corrected chi connectivity index (χ3v) is 4.22. The second kappa shape index (κ2) is 11.8. The minimum atomic E-state index is -0.0506. The van der Waals surface area contributed by atoms with Crippen molar-refractivity contribution < 1.29 is 4.79 Å². The Bertz CT molecular complexity index is 793. The molecule has 0 bridgehead atoms. The van der Waals surface area contributed by atoms with Crippen molar-refractivity contribution in [2.24, 2.45) is 0 Å². The second-order valence-corrected chi connectivity index (χ2v) is 7.06. The van der Waals surface area contributed by atoms with E-state index in [2.05, 4.69) is 51.4 Å². The van der Waals surface area contributed by atoms with Gasteiger partial charge in [-0.3, -0.25) is 4.79 Å². The van der Waals surface area contributed by atoms with Crippen LogP contribution in [-0.2, 0) is 4.79 Å². The van der Waals surface area contributed by atoms with E-state index in [0.29, 0.717) is 30.5 Å². The summed E-state index contributed by atoms with van der Waals surface area (Å²) in [5.41, 5.74) is 1.82. The van der Waals surface area contributed by atoms with Gasteiger partial charge in [0.1, 0.15) is 11.6 Å². The van der Waals surface area contributed by atoms with Crippen LogP contribution in [0.3, 0.4) is 0 Å². The summed E-state index contributed by atoms with van der Waals surface area (Å²) < 4.78 is 0. The third-order valence-electron chi connectivity index (χ3n) is 4.22. The molecule has 0 saturated heterocycles. The molecule has 0 atom stereocenters. The Balaban J connectivity index is 2.11. The minimum Gasteiger partial charge on any atom is -0.368 e. The fraction of sp³-hybridized carbons (Fsp3) is 0.409. The molecule has 0 fully saturated rings. The first-order valence-corrected chi connectivity index (χ1v) is 10.0. The van der Waals surface area contributed by atoms with Gasteiger partial charge >= 0.3 is 0 Å². The fourth-order valence-electron chi connectivity index (χ4n) is 2.80. The highest BCUT2D eigenvalue weighted by Crippen LogP contribution is 2.21. The zero-order valence-corrected chi connectivity index (χ0v) is 17.7. The van der Waals surface area contributed by atoms with Crippen LogP contribution in [0.5, 0.6) is 0 Å². The largest absolute Gasteiger partial charge is 0.368 e. The molecule has 156 valence electrons. The van der Waals surface area contributed by atoms with Gasteiger partial charge in [-0.15, -0.1) is 0 Å². The van der Waals surface area contributed by atoms with Gasteiger partial charge in [0.25, 0.3) is 0 Å². The smallest absolute Gasteiger partial charge is 0.216 e. The lowest BCUT2D eigenvalue weighted by Crippen LogP contribution is -2.26. The number of aromatic nitrogens is 2. The SMILES string of the molecule is C=C(CN(C)CCCC)Nc1cc(NCCNC(C)=O)nc(-c2ccccc2)n1. The van der Waals surface area contributed by atoms with Crippen LogP contribution in [0.4, 0.5) is 11.6 Å². The quantitative estimate of drug-likeness (QED) is 0.477. The Hall–Kier alpha value is -2.93. The van der Waals surface area contributed by atoms with Gasteiger partial charge in [-0.25, -0.2) is 9.97 Å². The summed E-state index contributed by atoms with van der Waals surface area (Å²) in [6.07, 6.45) is 2.34. The Kier molecular flexibility index (Phi) is 9.11. The molecule has 2 rings (SSSR count). The van der Waals surface area contributed by atoms with Crippen molar-refractivity contribution >= 4 is 17.5 Å². The van der Waals surface area contributed by atoms with Gasteiger partial charge in [-0.2, -0.15) is 0 Å². The summed E-state index contributed by atoms with van der Waals surface area (Å²) in [5.74, 6) is 1.96. The zero-order chi connectivity index (χ0) is 21.1. The Morgan fingerprint density at radius 2 is 1.86 bits per heavy atom. The van der Waals surface area contributed by atoms with E-state index in [1.807, 2.05) is 36.4 Å². The van der Waals surface area contributed by atoms with E-state index in [1.165, 1.54) is 13.3 Å². The van der Waals surface area contributed by atoms with Crippen molar-refractivity contribution in [2.45, 2.75) is 26.7 Å². The van der Waals surface area contributed by atoms with Gasteiger partial charge in [0.15, 0.2) is 5.82 Å². The molecular weight excluding hydrogens is 364 g/mol. The number of rotatable bonds is 12. The number of nitrogens with zero attached hydrogens (tertiary/aromatic N) is 3. The number of hydrogen-bond acceptors (Lipinski definition) is 6. The first kappa shape index (κ1) is 22.4. The Morgan fingerprint density at radius 1 is 1.14 bits per heavy atom. The number of hydrogen-bond donors (Lipinski definition) is 3. The standard InChI is InChI=1S/C22H32N6O/c1-5-6-14-28(4)16-17(2)25-21-15-20(24-13-12-23-18(3)29)26-22(27-21)19-10-8-7-9-11-19/h7-11,15H,2,5-6,12-14,16H2,1,3-4H3,(H,23,29)(H2,24,25,26,27). The summed E-state index contributed by atoms with van der Waals surface area (Å²) in [4.78, 5) is 22.5. The minimum absolute atomic E-state index is 0.0506. The number of unbranched alkanes of at least 4 members (excludes halogenated alkanes) is 1. The van der Waals surface area contributed by atoms with Crippen molar-refractivity contribution in [3.8, 4) is 11.4 Å². The summed E-state index contributed by atoms with van der Waals surface area (Å²) in [6, 6.07) is 11.7. The highest BCUT2D eigenvalue weighted by molar-refractivity contribution is 5.72. The molecule has 1 aromatic heterocycles. The zero-order valence-electron chi connectivity index (χ0n) is 17.7. The molecule has 3 N–H and O–H groups in total. The predicted molar refractivity (Wildman–Crippen MR) is 120 cm³/mol. The van der Waals surface area contributed by atoms with Gasteiger partial charge in [0, 0.05) is 43.9 Å². The van der Waals surface area contributed by atoms with Crippen LogP contribution < -0.4 is 16.0 Å². The van der Waals surface area contributed by atoms with Crippen molar-refractivity contribution in [1.29, 1.82) is 0 Å². The van der Waals surface area contributed by atoms with Gasteiger partial charge in [-0.05, 0) is 20.0 Å². The van der Waals surface area contributed by atoms with Crippen LogP contribution in [0.15, 0.2) is 48.7 Å². The van der Waals surface area contributed by atoms with Gasteiger partial charge in [0.2, 0.25) is 5.91 Å². The lowest BCUT2D eigenvalue weighted by molar-refractivity contribution is -0.118. The van der Waals surface area contributed by atoms with E-state index >= 15 is 0 Å². The topological polar surface area (TPSA) is 82.2 Å². The molecule has 7 heteroatoms. The average Bonchev–Trinajstić information content (AvgIpc) is 2.70. The highest BCUT2D eigenvalue weighted by atomic mass is 16.1. The predicted octanol–water partition coefficient (Wildman–Crippen LogP) is 3.35. The van der Waals surface area contributed by atoms with Gasteiger partial charge < -0.3 is 20.9 Å². The van der Waals surface area contributed by atoms with Crippen molar-refractivity contribution in [3.05, 3.63) is 48.7 Å². The summed E-state index contributed by atoms with van der Waals surface area (Å²) >= 11 is 0. The van der Waals surface area contributed by atoms with E-state index in [-0.39, 0.29) is 5.91 Å². The first-order valence-electron chi connectivity index (χ1n) is 10.0. The van der Waals surface area contributed by atoms with Crippen LogP contribution >= 0.6 is 0 Å². The Morgan fingerprint density at radius 3 is 2.55 bits per heavy atom. The maximum absolute atomic E-state index is 11.0. The molecule has 7 nitrogen and oxygen atoms in total. The molecule has 0 radical (unpaired) electrons. The van der Waals surface area contributed by atoms with Crippen LogP contribution in [-0.4, -0.2) is 54.0 Å². The van der Waals surface area contributed by atoms with Crippen LogP contribution in [0.1, 0.15) is 26.7 Å². The van der Waals surface area contributed by atoms with Crippen molar-refractivity contribution in [3.63, 3.8) is 0 Å². The molecule has 0 aliphatic heterocycles. The molecule has 1 heterocycles. The molecular formula is C22H32N6O. The van der Waals surface area contributed by atoms with E-state index in [1.54, 1.807) is 0 Å². The molecule has 0 spiro atoms. The summed E-state index contributed by atoms with van der Waals surface area (Å²) in [6.45, 7) is 10.7. The molecule has 0 saturated carbocycles. The van der Waals surface area contributed by atoms with E-state index in [4.69, 9.17) is 0 Å². The van der Waals surface area contributed by atoms with Crippen LogP contribution in [0, 0.1) is 0 Å². The number of likely N-dealkylation sites (N-methyl/N-ethyl adjacent to an activating group) is 1. The highest BCUT2D eigenvalue weighted by Gasteiger charge is 2.09. The maximum atomic E-state index is 11.0. The van der Waals surface area contributed by atoms with Crippen LogP contribution in [0.2, 0.25) is 0 Å². The van der Waals surface area contributed by atoms with Crippen LogP contribution in [0.25, 0.3) is 11.4 Å². The summed E-state index contributed by atoms with van der Waals surface area (Å²) in [5, 5.41) is 9.33. The monoisotopic (exact) mass is 396 g/mol.